The molecule has 4 rings (SSSR count). The molecule has 2 atom stereocenters. The van der Waals surface area contributed by atoms with Crippen LogP contribution < -0.4 is 10.9 Å². The Bertz CT molecular complexity index is 1080. The van der Waals surface area contributed by atoms with Crippen LogP contribution in [0.3, 0.4) is 0 Å². The van der Waals surface area contributed by atoms with Gasteiger partial charge in [0, 0.05) is 31.4 Å². The molecule has 8 nitrogen and oxygen atoms in total. The lowest BCUT2D eigenvalue weighted by atomic mass is 9.92. The third kappa shape index (κ3) is 4.91. The second kappa shape index (κ2) is 9.01. The number of aryl methyl sites for hydroxylation is 1. The van der Waals surface area contributed by atoms with Crippen LogP contribution in [0.15, 0.2) is 34.4 Å². The van der Waals surface area contributed by atoms with Crippen molar-refractivity contribution in [2.45, 2.75) is 39.8 Å². The minimum Gasteiger partial charge on any atom is -0.302 e. The fourth-order valence-corrected chi connectivity index (χ4v) is 4.86. The fourth-order valence-electron chi connectivity index (χ4n) is 4.15. The summed E-state index contributed by atoms with van der Waals surface area (Å²) in [6.45, 7) is 7.74. The number of carbonyl (C=O) groups excluding carboxylic acids is 1. The van der Waals surface area contributed by atoms with E-state index in [0.717, 1.165) is 25.3 Å². The van der Waals surface area contributed by atoms with Gasteiger partial charge in [0.1, 0.15) is 5.52 Å². The summed E-state index contributed by atoms with van der Waals surface area (Å²) in [6.07, 6.45) is 1.41. The maximum atomic E-state index is 12.5. The van der Waals surface area contributed by atoms with Crippen molar-refractivity contribution in [3.05, 3.63) is 45.7 Å². The molecule has 3 aromatic rings. The molecular formula is C21H26N6O2S. The largest absolute Gasteiger partial charge is 0.302 e. The predicted octanol–water partition coefficient (Wildman–Crippen LogP) is 2.75. The van der Waals surface area contributed by atoms with Crippen molar-refractivity contribution in [2.75, 3.05) is 18.4 Å². The number of aromatic nitrogens is 4. The molecule has 30 heavy (non-hydrogen) atoms. The number of amides is 1. The summed E-state index contributed by atoms with van der Waals surface area (Å²) < 4.78 is 1.23. The maximum absolute atomic E-state index is 12.5. The van der Waals surface area contributed by atoms with Crippen LogP contribution in [-0.2, 0) is 17.9 Å². The summed E-state index contributed by atoms with van der Waals surface area (Å²) in [7, 11) is 0. The monoisotopic (exact) mass is 426 g/mol. The van der Waals surface area contributed by atoms with Crippen molar-refractivity contribution in [3.8, 4) is 0 Å². The van der Waals surface area contributed by atoms with Gasteiger partial charge in [0.05, 0.1) is 17.6 Å². The van der Waals surface area contributed by atoms with Crippen LogP contribution in [0.25, 0.3) is 10.9 Å². The van der Waals surface area contributed by atoms with Gasteiger partial charge < -0.3 is 5.32 Å². The van der Waals surface area contributed by atoms with Crippen LogP contribution in [0.1, 0.15) is 32.4 Å². The van der Waals surface area contributed by atoms with Crippen molar-refractivity contribution in [3.63, 3.8) is 0 Å². The zero-order valence-electron chi connectivity index (χ0n) is 17.2. The molecule has 1 N–H and O–H groups in total. The summed E-state index contributed by atoms with van der Waals surface area (Å²) in [5.41, 5.74) is 1.29. The summed E-state index contributed by atoms with van der Waals surface area (Å²) in [5, 5.41) is 13.9. The highest BCUT2D eigenvalue weighted by Crippen LogP contribution is 2.24. The highest BCUT2D eigenvalue weighted by Gasteiger charge is 2.22. The van der Waals surface area contributed by atoms with E-state index in [4.69, 9.17) is 0 Å². The minimum atomic E-state index is -0.241. The van der Waals surface area contributed by atoms with E-state index < -0.39 is 0 Å². The van der Waals surface area contributed by atoms with E-state index in [1.54, 1.807) is 18.2 Å². The Morgan fingerprint density at radius 3 is 2.80 bits per heavy atom. The Kier molecular flexibility index (Phi) is 6.19. The molecule has 3 heterocycles. The van der Waals surface area contributed by atoms with Crippen molar-refractivity contribution < 1.29 is 4.79 Å². The molecule has 1 aromatic carbocycles. The van der Waals surface area contributed by atoms with Gasteiger partial charge in [-0.2, -0.15) is 0 Å². The first-order chi connectivity index (χ1) is 14.5. The summed E-state index contributed by atoms with van der Waals surface area (Å²) in [4.78, 5) is 31.8. The number of nitrogens with one attached hydrogen (secondary N) is 1. The van der Waals surface area contributed by atoms with Gasteiger partial charge in [0.2, 0.25) is 5.91 Å². The summed E-state index contributed by atoms with van der Waals surface area (Å²) in [6, 6.07) is 7.05. The van der Waals surface area contributed by atoms with E-state index in [2.05, 4.69) is 39.4 Å². The number of piperidine rings is 1. The molecule has 9 heteroatoms. The van der Waals surface area contributed by atoms with E-state index in [9.17, 15) is 9.59 Å². The molecule has 2 aromatic heterocycles. The molecular weight excluding hydrogens is 400 g/mol. The Balaban J connectivity index is 1.32. The number of carbonyl (C=O) groups is 1. The number of hydrogen-bond donors (Lipinski definition) is 1. The molecule has 2 unspecified atom stereocenters. The number of rotatable bonds is 6. The molecule has 1 fully saturated rings. The number of benzene rings is 1. The van der Waals surface area contributed by atoms with Crippen LogP contribution >= 0.6 is 11.3 Å². The van der Waals surface area contributed by atoms with E-state index >= 15 is 0 Å². The number of fused-ring (bicyclic) bond motifs is 1. The minimum absolute atomic E-state index is 0.128. The van der Waals surface area contributed by atoms with Crippen LogP contribution in [-0.4, -0.2) is 43.9 Å². The van der Waals surface area contributed by atoms with Gasteiger partial charge >= 0.3 is 0 Å². The molecule has 0 bridgehead atoms. The fraction of sp³-hybridized carbons (Fsp3) is 0.476. The van der Waals surface area contributed by atoms with Gasteiger partial charge in [-0.15, -0.1) is 16.4 Å². The van der Waals surface area contributed by atoms with Crippen molar-refractivity contribution >= 4 is 33.3 Å². The maximum Gasteiger partial charge on any atom is 0.277 e. The van der Waals surface area contributed by atoms with Crippen LogP contribution in [0.2, 0.25) is 0 Å². The molecule has 1 aliphatic heterocycles. The standard InChI is InChI=1S/C21H26N6O2S/c1-14-9-15(2)11-26(10-14)12-16-13-30-21(22-16)23-19(28)7-8-27-20(29)17-5-3-4-6-18(17)24-25-27/h3-6,13-15H,7-12H2,1-2H3,(H,22,23,28). The molecule has 0 aliphatic carbocycles. The second-order valence-corrected chi connectivity index (χ2v) is 9.08. The molecule has 0 radical (unpaired) electrons. The summed E-state index contributed by atoms with van der Waals surface area (Å²) in [5.74, 6) is 1.21. The number of nitrogens with zero attached hydrogens (tertiary/aromatic N) is 5. The highest BCUT2D eigenvalue weighted by atomic mass is 32.1. The van der Waals surface area contributed by atoms with Crippen molar-refractivity contribution in [1.82, 2.24) is 24.9 Å². The quantitative estimate of drug-likeness (QED) is 0.652. The van der Waals surface area contributed by atoms with Gasteiger partial charge in [-0.25, -0.2) is 9.67 Å². The average Bonchev–Trinajstić information content (AvgIpc) is 3.13. The Morgan fingerprint density at radius 1 is 1.23 bits per heavy atom. The van der Waals surface area contributed by atoms with E-state index in [0.29, 0.717) is 27.9 Å². The lowest BCUT2D eigenvalue weighted by Gasteiger charge is -2.34. The first-order valence-corrected chi connectivity index (χ1v) is 11.1. The number of anilines is 1. The average molecular weight is 427 g/mol. The zero-order valence-corrected chi connectivity index (χ0v) is 18.1. The van der Waals surface area contributed by atoms with E-state index in [-0.39, 0.29) is 24.4 Å². The molecule has 1 saturated heterocycles. The van der Waals surface area contributed by atoms with Crippen LogP contribution in [0, 0.1) is 11.8 Å². The molecule has 1 aliphatic rings. The second-order valence-electron chi connectivity index (χ2n) is 8.22. The molecule has 0 saturated carbocycles. The third-order valence-electron chi connectivity index (χ3n) is 5.31. The van der Waals surface area contributed by atoms with Crippen LogP contribution in [0.5, 0.6) is 0 Å². The normalized spacial score (nSPS) is 19.8. The first-order valence-electron chi connectivity index (χ1n) is 10.3. The van der Waals surface area contributed by atoms with Gasteiger partial charge in [-0.1, -0.05) is 31.2 Å². The van der Waals surface area contributed by atoms with E-state index in [1.807, 2.05) is 11.4 Å². The smallest absolute Gasteiger partial charge is 0.277 e. The zero-order chi connectivity index (χ0) is 21.1. The number of hydrogen-bond acceptors (Lipinski definition) is 7. The van der Waals surface area contributed by atoms with E-state index in [1.165, 1.54) is 22.4 Å². The molecule has 0 spiro atoms. The molecule has 158 valence electrons. The molecule has 1 amide bonds. The van der Waals surface area contributed by atoms with Gasteiger partial charge in [0.15, 0.2) is 5.13 Å². The lowest BCUT2D eigenvalue weighted by molar-refractivity contribution is -0.116. The van der Waals surface area contributed by atoms with Gasteiger partial charge in [-0.05, 0) is 30.4 Å². The topological polar surface area (TPSA) is 93.0 Å². The predicted molar refractivity (Wildman–Crippen MR) is 117 cm³/mol. The number of thiazole rings is 1. The van der Waals surface area contributed by atoms with Crippen molar-refractivity contribution in [1.29, 1.82) is 0 Å². The Labute approximate surface area is 178 Å². The van der Waals surface area contributed by atoms with Crippen molar-refractivity contribution in [2.24, 2.45) is 11.8 Å². The SMILES string of the molecule is CC1CC(C)CN(Cc2csc(NC(=O)CCn3nnc4ccccc4c3=O)n2)C1. The highest BCUT2D eigenvalue weighted by molar-refractivity contribution is 7.13. The Hall–Kier alpha value is -2.65. The van der Waals surface area contributed by atoms with Crippen LogP contribution in [0.4, 0.5) is 5.13 Å². The third-order valence-corrected chi connectivity index (χ3v) is 6.11. The van der Waals surface area contributed by atoms with Gasteiger partial charge in [0.25, 0.3) is 5.56 Å². The Morgan fingerprint density at radius 2 is 2.00 bits per heavy atom. The lowest BCUT2D eigenvalue weighted by Crippen LogP contribution is -2.38. The van der Waals surface area contributed by atoms with Gasteiger partial charge in [-0.3, -0.25) is 14.5 Å². The number of likely N-dealkylation sites (tertiary alicyclic amines) is 1. The summed E-state index contributed by atoms with van der Waals surface area (Å²) >= 11 is 1.43. The first kappa shape index (κ1) is 20.6.